The number of ether oxygens (including phenoxy) is 1. The Hall–Kier alpha value is -2.45. The predicted molar refractivity (Wildman–Crippen MR) is 130 cm³/mol. The molecule has 3 aliphatic rings. The molecule has 2 unspecified atom stereocenters. The summed E-state index contributed by atoms with van der Waals surface area (Å²) in [5, 5.41) is 3.14. The van der Waals surface area contributed by atoms with Gasteiger partial charge in [0.05, 0.1) is 24.5 Å². The van der Waals surface area contributed by atoms with Crippen molar-refractivity contribution in [2.24, 2.45) is 5.92 Å². The van der Waals surface area contributed by atoms with Gasteiger partial charge in [0, 0.05) is 45.1 Å². The third-order valence-electron chi connectivity index (χ3n) is 7.92. The topological polar surface area (TPSA) is 82.2 Å². The molecule has 0 aromatic heterocycles. The molecule has 4 rings (SSSR count). The number of fused-ring (bicyclic) bond motifs is 3. The maximum absolute atomic E-state index is 13.4. The monoisotopic (exact) mass is 470 g/mol. The van der Waals surface area contributed by atoms with E-state index in [1.54, 1.807) is 15.9 Å². The number of amides is 3. The van der Waals surface area contributed by atoms with E-state index in [2.05, 4.69) is 24.1 Å². The van der Waals surface area contributed by atoms with E-state index in [0.29, 0.717) is 36.6 Å². The molecular weight excluding hydrogens is 432 g/mol. The summed E-state index contributed by atoms with van der Waals surface area (Å²) in [6.45, 7) is 10.5. The highest BCUT2D eigenvalue weighted by Crippen LogP contribution is 2.43. The van der Waals surface area contributed by atoms with Gasteiger partial charge in [-0.2, -0.15) is 0 Å². The number of benzene rings is 1. The van der Waals surface area contributed by atoms with Crippen LogP contribution in [0, 0.1) is 5.92 Å². The number of nitrogens with one attached hydrogen (secondary N) is 1. The molecule has 0 radical (unpaired) electrons. The number of morpholine rings is 1. The molecule has 8 nitrogen and oxygen atoms in total. The molecule has 2 saturated heterocycles. The lowest BCUT2D eigenvalue weighted by atomic mass is 9.92. The molecule has 3 aliphatic heterocycles. The summed E-state index contributed by atoms with van der Waals surface area (Å²) < 4.78 is 5.52. The first-order chi connectivity index (χ1) is 16.4. The van der Waals surface area contributed by atoms with Gasteiger partial charge in [-0.15, -0.1) is 0 Å². The quantitative estimate of drug-likeness (QED) is 0.600. The summed E-state index contributed by atoms with van der Waals surface area (Å²) in [5.41, 5.74) is 0.475. The first-order valence-electron chi connectivity index (χ1n) is 12.7. The van der Waals surface area contributed by atoms with Crippen LogP contribution in [0.3, 0.4) is 0 Å². The molecule has 0 saturated carbocycles. The van der Waals surface area contributed by atoms with E-state index in [-0.39, 0.29) is 36.7 Å². The maximum Gasteiger partial charge on any atom is 0.257 e. The predicted octanol–water partition coefficient (Wildman–Crippen LogP) is 2.63. The summed E-state index contributed by atoms with van der Waals surface area (Å²) in [6.07, 6.45) is 3.32. The highest BCUT2D eigenvalue weighted by Gasteiger charge is 2.52. The van der Waals surface area contributed by atoms with Crippen molar-refractivity contribution in [2.45, 2.75) is 64.6 Å². The van der Waals surface area contributed by atoms with Crippen LogP contribution >= 0.6 is 0 Å². The minimum absolute atomic E-state index is 0.0235. The fourth-order valence-corrected chi connectivity index (χ4v) is 5.90. The molecular formula is C26H38N4O4. The van der Waals surface area contributed by atoms with Gasteiger partial charge in [0.2, 0.25) is 11.8 Å². The third-order valence-corrected chi connectivity index (χ3v) is 7.92. The molecule has 186 valence electrons. The Kier molecular flexibility index (Phi) is 7.57. The first kappa shape index (κ1) is 24.7. The maximum atomic E-state index is 13.4. The van der Waals surface area contributed by atoms with Crippen LogP contribution in [0.25, 0.3) is 0 Å². The number of carbonyl (C=O) groups excluding carboxylic acids is 3. The Labute approximate surface area is 202 Å². The Morgan fingerprint density at radius 1 is 1.15 bits per heavy atom. The average molecular weight is 471 g/mol. The number of hydrogen-bond donors (Lipinski definition) is 1. The number of anilines is 1. The second kappa shape index (κ2) is 10.4. The van der Waals surface area contributed by atoms with Gasteiger partial charge < -0.3 is 15.0 Å². The Balaban J connectivity index is 1.42. The summed E-state index contributed by atoms with van der Waals surface area (Å²) in [6, 6.07) is 7.55. The van der Waals surface area contributed by atoms with E-state index in [4.69, 9.17) is 4.74 Å². The first-order valence-corrected chi connectivity index (χ1v) is 12.7. The summed E-state index contributed by atoms with van der Waals surface area (Å²) >= 11 is 0. The number of carbonyl (C=O) groups is 3. The summed E-state index contributed by atoms with van der Waals surface area (Å²) in [4.78, 5) is 44.9. The smallest absolute Gasteiger partial charge is 0.257 e. The number of hydrogen-bond acceptors (Lipinski definition) is 5. The molecule has 0 aliphatic carbocycles. The van der Waals surface area contributed by atoms with Crippen LogP contribution in [0.1, 0.15) is 63.2 Å². The molecule has 1 N–H and O–H groups in total. The third kappa shape index (κ3) is 4.58. The molecule has 0 spiro atoms. The zero-order chi connectivity index (χ0) is 24.3. The molecule has 34 heavy (non-hydrogen) atoms. The van der Waals surface area contributed by atoms with Crippen LogP contribution in [0.5, 0.6) is 0 Å². The van der Waals surface area contributed by atoms with Crippen LogP contribution in [0.4, 0.5) is 5.69 Å². The Bertz CT molecular complexity index is 912. The van der Waals surface area contributed by atoms with Gasteiger partial charge in [-0.3, -0.25) is 24.2 Å². The molecule has 0 bridgehead atoms. The lowest BCUT2D eigenvalue weighted by Gasteiger charge is -2.48. The molecule has 8 heteroatoms. The van der Waals surface area contributed by atoms with E-state index in [1.807, 2.05) is 25.1 Å². The normalized spacial score (nSPS) is 23.8. The van der Waals surface area contributed by atoms with Gasteiger partial charge >= 0.3 is 0 Å². The van der Waals surface area contributed by atoms with Gasteiger partial charge in [0.15, 0.2) is 0 Å². The van der Waals surface area contributed by atoms with E-state index in [9.17, 15) is 14.4 Å². The largest absolute Gasteiger partial charge is 0.379 e. The highest BCUT2D eigenvalue weighted by atomic mass is 16.5. The molecule has 2 fully saturated rings. The van der Waals surface area contributed by atoms with Crippen molar-refractivity contribution in [2.75, 3.05) is 44.3 Å². The summed E-state index contributed by atoms with van der Waals surface area (Å²) in [7, 11) is 0. The van der Waals surface area contributed by atoms with Gasteiger partial charge in [-0.1, -0.05) is 38.8 Å². The SMILES string of the molecule is CCC(CC)C(CNC(=O)CCN1C(=O)c2ccccc2N2C(=O)CCC12C)N1CCOCC1. The zero-order valence-electron chi connectivity index (χ0n) is 20.7. The van der Waals surface area contributed by atoms with Crippen molar-refractivity contribution < 1.29 is 19.1 Å². The van der Waals surface area contributed by atoms with E-state index < -0.39 is 5.66 Å². The van der Waals surface area contributed by atoms with Gasteiger partial charge in [-0.25, -0.2) is 0 Å². The van der Waals surface area contributed by atoms with Gasteiger partial charge in [0.25, 0.3) is 5.91 Å². The van der Waals surface area contributed by atoms with Crippen molar-refractivity contribution in [3.63, 3.8) is 0 Å². The van der Waals surface area contributed by atoms with Crippen LogP contribution < -0.4 is 10.2 Å². The molecule has 1 aromatic carbocycles. The average Bonchev–Trinajstić information content (AvgIpc) is 3.17. The van der Waals surface area contributed by atoms with Crippen LogP contribution in [0.15, 0.2) is 24.3 Å². The Morgan fingerprint density at radius 3 is 2.56 bits per heavy atom. The number of nitrogens with zero attached hydrogens (tertiary/aromatic N) is 3. The second-order valence-electron chi connectivity index (χ2n) is 9.77. The second-order valence-corrected chi connectivity index (χ2v) is 9.77. The van der Waals surface area contributed by atoms with Gasteiger partial charge in [0.1, 0.15) is 5.66 Å². The zero-order valence-corrected chi connectivity index (χ0v) is 20.7. The fourth-order valence-electron chi connectivity index (χ4n) is 5.90. The lowest BCUT2D eigenvalue weighted by Crippen LogP contribution is -2.62. The lowest BCUT2D eigenvalue weighted by molar-refractivity contribution is -0.122. The van der Waals surface area contributed by atoms with Crippen molar-refractivity contribution in [1.29, 1.82) is 0 Å². The molecule has 3 heterocycles. The van der Waals surface area contributed by atoms with Crippen molar-refractivity contribution in [1.82, 2.24) is 15.1 Å². The molecule has 3 amide bonds. The van der Waals surface area contributed by atoms with Crippen LogP contribution in [-0.4, -0.2) is 78.6 Å². The molecule has 1 aromatic rings. The van der Waals surface area contributed by atoms with Gasteiger partial charge in [-0.05, 0) is 31.4 Å². The number of para-hydroxylation sites is 1. The minimum Gasteiger partial charge on any atom is -0.379 e. The van der Waals surface area contributed by atoms with Crippen molar-refractivity contribution in [3.8, 4) is 0 Å². The number of rotatable bonds is 9. The molecule has 2 atom stereocenters. The van der Waals surface area contributed by atoms with Crippen LogP contribution in [0.2, 0.25) is 0 Å². The van der Waals surface area contributed by atoms with Crippen molar-refractivity contribution >= 4 is 23.4 Å². The van der Waals surface area contributed by atoms with E-state index >= 15 is 0 Å². The van der Waals surface area contributed by atoms with Crippen LogP contribution in [-0.2, 0) is 14.3 Å². The fraction of sp³-hybridized carbons (Fsp3) is 0.654. The van der Waals surface area contributed by atoms with E-state index in [0.717, 1.165) is 39.1 Å². The van der Waals surface area contributed by atoms with E-state index in [1.165, 1.54) is 0 Å². The minimum atomic E-state index is -0.728. The highest BCUT2D eigenvalue weighted by molar-refractivity contribution is 6.10. The Morgan fingerprint density at radius 2 is 1.85 bits per heavy atom. The van der Waals surface area contributed by atoms with Crippen molar-refractivity contribution in [3.05, 3.63) is 29.8 Å². The summed E-state index contributed by atoms with van der Waals surface area (Å²) in [5.74, 6) is 0.362. The standard InChI is InChI=1S/C26H38N4O4/c1-4-19(5-2)22(28-14-16-34-17-15-28)18-27-23(31)11-13-29-25(33)20-8-6-7-9-21(20)30-24(32)10-12-26(29,30)3/h6-9,19,22H,4-5,10-18H2,1-3H3,(H,27,31).